The molecule has 8 heteroatoms. The van der Waals surface area contributed by atoms with Crippen LogP contribution in [-0.2, 0) is 12.6 Å². The van der Waals surface area contributed by atoms with E-state index < -0.39 is 17.6 Å². The summed E-state index contributed by atoms with van der Waals surface area (Å²) in [5.41, 5.74) is 5.36. The van der Waals surface area contributed by atoms with Crippen molar-refractivity contribution in [3.63, 3.8) is 0 Å². The van der Waals surface area contributed by atoms with Gasteiger partial charge in [-0.1, -0.05) is 13.8 Å². The molecule has 1 saturated heterocycles. The van der Waals surface area contributed by atoms with Gasteiger partial charge in [0.1, 0.15) is 11.6 Å². The SMILES string of the molecule is CCc1nc(-c2cnc(N)c(C(F)(F)F)c2)cn1[C@H]1[C@@H]2CN(CC)C[C@@H]21. The number of imidazole rings is 1. The molecule has 2 aromatic rings. The first kappa shape index (κ1) is 17.3. The van der Waals surface area contributed by atoms with Crippen molar-refractivity contribution >= 4 is 5.82 Å². The summed E-state index contributed by atoms with van der Waals surface area (Å²) in [6, 6.07) is 1.46. The number of aromatic nitrogens is 3. The molecule has 26 heavy (non-hydrogen) atoms. The molecule has 0 radical (unpaired) electrons. The zero-order chi connectivity index (χ0) is 18.6. The van der Waals surface area contributed by atoms with Crippen LogP contribution in [0.3, 0.4) is 0 Å². The van der Waals surface area contributed by atoms with Crippen LogP contribution in [0.15, 0.2) is 18.5 Å². The fourth-order valence-corrected chi connectivity index (χ4v) is 4.19. The second-order valence-electron chi connectivity index (χ2n) is 7.13. The lowest BCUT2D eigenvalue weighted by atomic mass is 10.1. The van der Waals surface area contributed by atoms with Gasteiger partial charge in [0.25, 0.3) is 0 Å². The van der Waals surface area contributed by atoms with Crippen molar-refractivity contribution in [3.8, 4) is 11.3 Å². The minimum atomic E-state index is -4.53. The van der Waals surface area contributed by atoms with Gasteiger partial charge in [0.15, 0.2) is 0 Å². The van der Waals surface area contributed by atoms with Gasteiger partial charge in [-0.15, -0.1) is 0 Å². The number of fused-ring (bicyclic) bond motifs is 1. The number of nitrogens with zero attached hydrogens (tertiary/aromatic N) is 4. The van der Waals surface area contributed by atoms with E-state index in [9.17, 15) is 13.2 Å². The number of hydrogen-bond acceptors (Lipinski definition) is 4. The number of halogens is 3. The van der Waals surface area contributed by atoms with Crippen molar-refractivity contribution in [1.29, 1.82) is 0 Å². The average molecular weight is 365 g/mol. The van der Waals surface area contributed by atoms with Gasteiger partial charge in [-0.3, -0.25) is 0 Å². The topological polar surface area (TPSA) is 60.0 Å². The van der Waals surface area contributed by atoms with E-state index in [1.807, 2.05) is 13.1 Å². The van der Waals surface area contributed by atoms with Crippen LogP contribution in [0.5, 0.6) is 0 Å². The van der Waals surface area contributed by atoms with Crippen LogP contribution in [0.4, 0.5) is 19.0 Å². The molecule has 3 heterocycles. The Morgan fingerprint density at radius 3 is 2.50 bits per heavy atom. The molecule has 1 aliphatic carbocycles. The number of piperidine rings is 1. The van der Waals surface area contributed by atoms with Gasteiger partial charge in [0, 0.05) is 43.5 Å². The Morgan fingerprint density at radius 1 is 1.23 bits per heavy atom. The van der Waals surface area contributed by atoms with Crippen LogP contribution in [0, 0.1) is 11.8 Å². The van der Waals surface area contributed by atoms with Gasteiger partial charge >= 0.3 is 6.18 Å². The summed E-state index contributed by atoms with van der Waals surface area (Å²) in [5, 5.41) is 0. The highest BCUT2D eigenvalue weighted by molar-refractivity contribution is 5.62. The Hall–Kier alpha value is -2.09. The minimum absolute atomic E-state index is 0.348. The normalized spacial score (nSPS) is 25.5. The molecule has 0 amide bonds. The van der Waals surface area contributed by atoms with Crippen molar-refractivity contribution in [3.05, 3.63) is 29.8 Å². The monoisotopic (exact) mass is 365 g/mol. The molecule has 0 aromatic carbocycles. The molecule has 0 unspecified atom stereocenters. The second kappa shape index (κ2) is 5.97. The summed E-state index contributed by atoms with van der Waals surface area (Å²) in [6.45, 7) is 7.42. The van der Waals surface area contributed by atoms with Crippen molar-refractivity contribution in [2.24, 2.45) is 11.8 Å². The van der Waals surface area contributed by atoms with Crippen molar-refractivity contribution in [2.45, 2.75) is 32.5 Å². The maximum Gasteiger partial charge on any atom is 0.419 e. The second-order valence-corrected chi connectivity index (χ2v) is 7.13. The van der Waals surface area contributed by atoms with E-state index in [1.165, 1.54) is 6.20 Å². The lowest BCUT2D eigenvalue weighted by molar-refractivity contribution is -0.137. The molecule has 1 aliphatic heterocycles. The van der Waals surface area contributed by atoms with E-state index in [2.05, 4.69) is 26.4 Å². The number of alkyl halides is 3. The van der Waals surface area contributed by atoms with Crippen LogP contribution in [0.1, 0.15) is 31.3 Å². The van der Waals surface area contributed by atoms with Crippen LogP contribution in [-0.4, -0.2) is 39.1 Å². The molecule has 2 N–H and O–H groups in total. The van der Waals surface area contributed by atoms with E-state index in [-0.39, 0.29) is 0 Å². The zero-order valence-corrected chi connectivity index (χ0v) is 14.8. The highest BCUT2D eigenvalue weighted by Crippen LogP contribution is 2.55. The predicted molar refractivity (Wildman–Crippen MR) is 92.4 cm³/mol. The standard InChI is InChI=1S/C18H22F3N5/c1-3-15-24-14(10-5-13(18(19,20)21)17(22)23-6-10)9-26(15)16-11-7-25(4-2)8-12(11)16/h5-6,9,11-12,16H,3-4,7-8H2,1-2H3,(H2,22,23)/t11-,12+,16+. The molecule has 2 aliphatic rings. The van der Waals surface area contributed by atoms with Crippen molar-refractivity contribution < 1.29 is 13.2 Å². The van der Waals surface area contributed by atoms with Gasteiger partial charge in [-0.25, -0.2) is 9.97 Å². The van der Waals surface area contributed by atoms with Gasteiger partial charge in [-0.2, -0.15) is 13.2 Å². The first-order valence-electron chi connectivity index (χ1n) is 8.96. The Kier molecular flexibility index (Phi) is 3.98. The molecule has 2 fully saturated rings. The minimum Gasteiger partial charge on any atom is -0.383 e. The smallest absolute Gasteiger partial charge is 0.383 e. The van der Waals surface area contributed by atoms with Crippen molar-refractivity contribution in [1.82, 2.24) is 19.4 Å². The first-order valence-corrected chi connectivity index (χ1v) is 8.96. The van der Waals surface area contributed by atoms with E-state index in [0.29, 0.717) is 29.1 Å². The van der Waals surface area contributed by atoms with Gasteiger partial charge < -0.3 is 15.2 Å². The number of nitrogens with two attached hydrogens (primary N) is 1. The van der Waals surface area contributed by atoms with E-state index >= 15 is 0 Å². The van der Waals surface area contributed by atoms with E-state index in [4.69, 9.17) is 5.73 Å². The maximum atomic E-state index is 13.1. The maximum absolute atomic E-state index is 13.1. The Morgan fingerprint density at radius 2 is 1.92 bits per heavy atom. The largest absolute Gasteiger partial charge is 0.419 e. The van der Waals surface area contributed by atoms with E-state index in [1.54, 1.807) is 0 Å². The van der Waals surface area contributed by atoms with Gasteiger partial charge in [0.05, 0.1) is 11.3 Å². The Balaban J connectivity index is 1.65. The van der Waals surface area contributed by atoms with Crippen LogP contribution >= 0.6 is 0 Å². The number of rotatable bonds is 4. The number of anilines is 1. The third-order valence-electron chi connectivity index (χ3n) is 5.64. The molecular weight excluding hydrogens is 343 g/mol. The van der Waals surface area contributed by atoms with Crippen LogP contribution in [0.2, 0.25) is 0 Å². The van der Waals surface area contributed by atoms with Crippen molar-refractivity contribution in [2.75, 3.05) is 25.4 Å². The summed E-state index contributed by atoms with van der Waals surface area (Å²) in [6.07, 6.45) is -0.545. The summed E-state index contributed by atoms with van der Waals surface area (Å²) in [4.78, 5) is 10.7. The molecule has 1 saturated carbocycles. The molecular formula is C18H22F3N5. The summed E-state index contributed by atoms with van der Waals surface area (Å²) < 4.78 is 41.5. The molecule has 0 bridgehead atoms. The molecule has 3 atom stereocenters. The molecule has 5 nitrogen and oxygen atoms in total. The number of pyridine rings is 1. The summed E-state index contributed by atoms with van der Waals surface area (Å²) in [7, 11) is 0. The Bertz CT molecular complexity index is 817. The number of likely N-dealkylation sites (tertiary alicyclic amines) is 1. The fourth-order valence-electron chi connectivity index (χ4n) is 4.19. The Labute approximate surface area is 150 Å². The van der Waals surface area contributed by atoms with E-state index in [0.717, 1.165) is 37.9 Å². The lowest BCUT2D eigenvalue weighted by Gasteiger charge is -2.18. The molecule has 0 spiro atoms. The summed E-state index contributed by atoms with van der Waals surface area (Å²) >= 11 is 0. The molecule has 4 rings (SSSR count). The average Bonchev–Trinajstić information content (AvgIpc) is 2.98. The zero-order valence-electron chi connectivity index (χ0n) is 14.8. The number of aryl methyl sites for hydroxylation is 1. The fraction of sp³-hybridized carbons (Fsp3) is 0.556. The number of hydrogen-bond donors (Lipinski definition) is 1. The van der Waals surface area contributed by atoms with Crippen LogP contribution < -0.4 is 5.73 Å². The third kappa shape index (κ3) is 2.76. The van der Waals surface area contributed by atoms with Crippen LogP contribution in [0.25, 0.3) is 11.3 Å². The quantitative estimate of drug-likeness (QED) is 0.904. The lowest BCUT2D eigenvalue weighted by Crippen LogP contribution is -2.24. The highest BCUT2D eigenvalue weighted by atomic mass is 19.4. The molecule has 140 valence electrons. The van der Waals surface area contributed by atoms with Gasteiger partial charge in [0.2, 0.25) is 0 Å². The third-order valence-corrected chi connectivity index (χ3v) is 5.64. The summed E-state index contributed by atoms with van der Waals surface area (Å²) in [5.74, 6) is 1.65. The highest BCUT2D eigenvalue weighted by Gasteiger charge is 2.56. The first-order chi connectivity index (χ1) is 12.3. The molecule has 2 aromatic heterocycles. The predicted octanol–water partition coefficient (Wildman–Crippen LogP) is 3.23. The van der Waals surface area contributed by atoms with Gasteiger partial charge in [-0.05, 0) is 24.4 Å². The number of nitrogen functional groups attached to an aromatic ring is 1.